The van der Waals surface area contributed by atoms with Crippen molar-refractivity contribution in [2.75, 3.05) is 0 Å². The predicted octanol–water partition coefficient (Wildman–Crippen LogP) is 11.1. The fraction of sp³-hybridized carbons (Fsp3) is 0. The normalized spacial score (nSPS) is 12.1. The van der Waals surface area contributed by atoms with E-state index in [0.717, 1.165) is 11.1 Å². The molecule has 0 bridgehead atoms. The smallest absolute Gasteiger partial charge is 0.115 e. The first kappa shape index (κ1) is 23.7. The molecule has 0 saturated carbocycles. The maximum absolute atomic E-state index is 4.36. The van der Waals surface area contributed by atoms with Gasteiger partial charge in [-0.2, -0.15) is 0 Å². The van der Waals surface area contributed by atoms with Crippen LogP contribution in [0.15, 0.2) is 146 Å². The Morgan fingerprint density at radius 2 is 0.682 bits per heavy atom. The Labute approximate surface area is 255 Å². The van der Waals surface area contributed by atoms with Crippen molar-refractivity contribution in [2.24, 2.45) is 0 Å². The van der Waals surface area contributed by atoms with Crippen molar-refractivity contribution in [1.82, 2.24) is 9.97 Å². The molecule has 1 aromatic heterocycles. The molecule has 202 valence electrons. The molecule has 0 radical (unpaired) electrons. The summed E-state index contributed by atoms with van der Waals surface area (Å²) in [7, 11) is 0. The molecule has 0 unspecified atom stereocenters. The lowest BCUT2D eigenvalue weighted by Crippen LogP contribution is -1.90. The van der Waals surface area contributed by atoms with Gasteiger partial charge in [0.2, 0.25) is 0 Å². The molecule has 0 spiro atoms. The van der Waals surface area contributed by atoms with Crippen LogP contribution in [0.2, 0.25) is 0 Å². The fourth-order valence-electron chi connectivity index (χ4n) is 7.67. The summed E-state index contributed by atoms with van der Waals surface area (Å²) in [4.78, 5) is 8.73. The highest BCUT2D eigenvalue weighted by Gasteiger charge is 2.24. The van der Waals surface area contributed by atoms with E-state index in [0.29, 0.717) is 0 Å². The maximum atomic E-state index is 4.36. The van der Waals surface area contributed by atoms with Crippen molar-refractivity contribution in [3.63, 3.8) is 0 Å². The van der Waals surface area contributed by atoms with Gasteiger partial charge in [0.1, 0.15) is 6.33 Å². The summed E-state index contributed by atoms with van der Waals surface area (Å²) in [6.45, 7) is 0. The monoisotopic (exact) mass is 556 g/mol. The van der Waals surface area contributed by atoms with E-state index in [4.69, 9.17) is 0 Å². The van der Waals surface area contributed by atoms with Crippen LogP contribution in [0.5, 0.6) is 0 Å². The number of rotatable bonds is 3. The molecule has 0 atom stereocenters. The molecule has 44 heavy (non-hydrogen) atoms. The topological polar surface area (TPSA) is 25.8 Å². The van der Waals surface area contributed by atoms with Gasteiger partial charge in [-0.15, -0.1) is 0 Å². The van der Waals surface area contributed by atoms with E-state index in [2.05, 4.69) is 137 Å². The second-order valence-corrected chi connectivity index (χ2v) is 11.8. The lowest BCUT2D eigenvalue weighted by atomic mass is 9.88. The molecule has 0 N–H and O–H groups in total. The molecule has 2 aliphatic rings. The van der Waals surface area contributed by atoms with Crippen molar-refractivity contribution >= 4 is 21.5 Å². The van der Waals surface area contributed by atoms with E-state index < -0.39 is 0 Å². The van der Waals surface area contributed by atoms with Crippen LogP contribution in [0.3, 0.4) is 0 Å². The van der Waals surface area contributed by atoms with E-state index in [1.807, 2.05) is 12.4 Å². The molecule has 0 amide bonds. The zero-order chi connectivity index (χ0) is 28.8. The number of nitrogens with zero attached hydrogens (tertiary/aromatic N) is 2. The Kier molecular flexibility index (Phi) is 4.75. The lowest BCUT2D eigenvalue weighted by Gasteiger charge is -2.15. The second-order valence-electron chi connectivity index (χ2n) is 11.8. The minimum atomic E-state index is 1.01. The van der Waals surface area contributed by atoms with E-state index in [-0.39, 0.29) is 0 Å². The summed E-state index contributed by atoms with van der Waals surface area (Å²) in [5.41, 5.74) is 17.5. The number of hydrogen-bond donors (Lipinski definition) is 0. The van der Waals surface area contributed by atoms with Gasteiger partial charge in [0.25, 0.3) is 0 Å². The van der Waals surface area contributed by atoms with Gasteiger partial charge in [-0.25, -0.2) is 9.97 Å². The standard InChI is InChI=1S/C42H24N2/c1-3-9-33-31(7-1)37-13-5-11-35-29(15-17-39(33)41(35)37)26-19-25(28-22-43-24-44-23-28)20-27(21-26)30-16-18-40-34-10-4-2-8-32(34)38-14-6-12-36(30)42(38)40/h1-24H. The Bertz CT molecular complexity index is 2280. The molecular weight excluding hydrogens is 532 g/mol. The van der Waals surface area contributed by atoms with Crippen LogP contribution in [0.4, 0.5) is 0 Å². The van der Waals surface area contributed by atoms with Gasteiger partial charge in [-0.3, -0.25) is 0 Å². The van der Waals surface area contributed by atoms with Crippen molar-refractivity contribution in [1.29, 1.82) is 0 Å². The summed E-state index contributed by atoms with van der Waals surface area (Å²) >= 11 is 0. The molecule has 8 aromatic rings. The summed E-state index contributed by atoms with van der Waals surface area (Å²) in [6.07, 6.45) is 5.41. The number of aromatic nitrogens is 2. The summed E-state index contributed by atoms with van der Waals surface area (Å²) in [6, 6.07) is 47.2. The highest BCUT2D eigenvalue weighted by Crippen LogP contribution is 2.51. The van der Waals surface area contributed by atoms with E-state index in [9.17, 15) is 0 Å². The van der Waals surface area contributed by atoms with Gasteiger partial charge in [-0.05, 0) is 112 Å². The van der Waals surface area contributed by atoms with Gasteiger partial charge >= 0.3 is 0 Å². The molecular formula is C42H24N2. The number of benzene rings is 7. The Balaban J connectivity index is 1.24. The second kappa shape index (κ2) is 8.82. The van der Waals surface area contributed by atoms with Crippen LogP contribution in [0.1, 0.15) is 0 Å². The largest absolute Gasteiger partial charge is 0.244 e. The summed E-state index contributed by atoms with van der Waals surface area (Å²) in [5, 5.41) is 5.23. The minimum absolute atomic E-state index is 1.01. The van der Waals surface area contributed by atoms with Crippen molar-refractivity contribution < 1.29 is 0 Å². The average molecular weight is 557 g/mol. The zero-order valence-corrected chi connectivity index (χ0v) is 23.8. The fourth-order valence-corrected chi connectivity index (χ4v) is 7.67. The third kappa shape index (κ3) is 3.20. The van der Waals surface area contributed by atoms with Crippen LogP contribution >= 0.6 is 0 Å². The van der Waals surface area contributed by atoms with Crippen LogP contribution in [0, 0.1) is 0 Å². The van der Waals surface area contributed by atoms with Gasteiger partial charge in [0.05, 0.1) is 0 Å². The minimum Gasteiger partial charge on any atom is -0.244 e. The molecule has 2 aliphatic carbocycles. The van der Waals surface area contributed by atoms with Crippen LogP contribution in [0.25, 0.3) is 99.4 Å². The third-order valence-corrected chi connectivity index (χ3v) is 9.55. The van der Waals surface area contributed by atoms with Crippen molar-refractivity contribution in [2.45, 2.75) is 0 Å². The first-order valence-electron chi connectivity index (χ1n) is 15.1. The molecule has 0 saturated heterocycles. The third-order valence-electron chi connectivity index (χ3n) is 9.55. The zero-order valence-electron chi connectivity index (χ0n) is 23.8. The predicted molar refractivity (Wildman–Crippen MR) is 182 cm³/mol. The molecule has 7 aromatic carbocycles. The van der Waals surface area contributed by atoms with Gasteiger partial charge < -0.3 is 0 Å². The number of fused-ring (bicyclic) bond motifs is 6. The maximum Gasteiger partial charge on any atom is 0.115 e. The molecule has 2 nitrogen and oxygen atoms in total. The summed E-state index contributed by atoms with van der Waals surface area (Å²) in [5.74, 6) is 0. The molecule has 2 heteroatoms. The Morgan fingerprint density at radius 3 is 1.16 bits per heavy atom. The van der Waals surface area contributed by atoms with Gasteiger partial charge in [-0.1, -0.05) is 109 Å². The first-order valence-corrected chi connectivity index (χ1v) is 15.1. The van der Waals surface area contributed by atoms with Crippen molar-refractivity contribution in [3.05, 3.63) is 146 Å². The van der Waals surface area contributed by atoms with E-state index in [1.54, 1.807) is 6.33 Å². The SMILES string of the molecule is c1ccc2c(c1)-c1cccc3c(-c4cc(-c5cncnc5)cc(-c5ccc6c7c(cccc57)-c5ccccc5-6)c4)ccc-2c13. The molecule has 1 heterocycles. The van der Waals surface area contributed by atoms with Crippen LogP contribution in [-0.2, 0) is 0 Å². The summed E-state index contributed by atoms with van der Waals surface area (Å²) < 4.78 is 0. The highest BCUT2D eigenvalue weighted by molar-refractivity contribution is 6.20. The first-order chi connectivity index (χ1) is 21.8. The quantitative estimate of drug-likeness (QED) is 0.216. The highest BCUT2D eigenvalue weighted by atomic mass is 14.8. The van der Waals surface area contributed by atoms with Crippen LogP contribution < -0.4 is 0 Å². The molecule has 0 fully saturated rings. The Hall–Kier alpha value is -5.86. The van der Waals surface area contributed by atoms with Crippen LogP contribution in [-0.4, -0.2) is 9.97 Å². The Morgan fingerprint density at radius 1 is 0.295 bits per heavy atom. The average Bonchev–Trinajstić information content (AvgIpc) is 3.60. The number of hydrogen-bond acceptors (Lipinski definition) is 2. The molecule has 10 rings (SSSR count). The van der Waals surface area contributed by atoms with Gasteiger partial charge in [0, 0.05) is 18.0 Å². The lowest BCUT2D eigenvalue weighted by molar-refractivity contribution is 1.17. The van der Waals surface area contributed by atoms with E-state index in [1.165, 1.54) is 88.3 Å². The van der Waals surface area contributed by atoms with Crippen molar-refractivity contribution in [3.8, 4) is 77.9 Å². The van der Waals surface area contributed by atoms with E-state index >= 15 is 0 Å². The molecule has 0 aliphatic heterocycles. The van der Waals surface area contributed by atoms with Gasteiger partial charge in [0.15, 0.2) is 0 Å².